The number of nitrogens with zero attached hydrogens (tertiary/aromatic N) is 6. The molecule has 1 aliphatic heterocycles. The molecule has 7 heteroatoms. The summed E-state index contributed by atoms with van der Waals surface area (Å²) in [4.78, 5) is 14.0. The van der Waals surface area contributed by atoms with E-state index in [1.807, 2.05) is 32.1 Å². The van der Waals surface area contributed by atoms with Crippen LogP contribution in [0.3, 0.4) is 0 Å². The minimum atomic E-state index is 0.195. The van der Waals surface area contributed by atoms with E-state index in [0.29, 0.717) is 0 Å². The molecule has 1 unspecified atom stereocenters. The Morgan fingerprint density at radius 3 is 2.92 bits per heavy atom. The molecule has 3 heterocycles. The molecule has 2 aromatic rings. The molecule has 0 bridgehead atoms. The first-order chi connectivity index (χ1) is 11.6. The van der Waals surface area contributed by atoms with Crippen LogP contribution in [0.2, 0.25) is 0 Å². The summed E-state index contributed by atoms with van der Waals surface area (Å²) in [5, 5.41) is 10.6. The topological polar surface area (TPSA) is 58.0 Å². The highest BCUT2D eigenvalue weighted by atomic mass is 32.1. The van der Waals surface area contributed by atoms with Crippen molar-refractivity contribution in [2.45, 2.75) is 44.6 Å². The van der Waals surface area contributed by atoms with Crippen molar-refractivity contribution in [1.82, 2.24) is 25.1 Å². The Hall–Kier alpha value is -1.60. The number of aromatic nitrogens is 4. The van der Waals surface area contributed by atoms with Crippen LogP contribution >= 0.6 is 11.3 Å². The normalized spacial score (nSPS) is 23.6. The Labute approximate surface area is 146 Å². The van der Waals surface area contributed by atoms with Crippen molar-refractivity contribution in [2.75, 3.05) is 32.1 Å². The zero-order chi connectivity index (χ0) is 16.7. The van der Waals surface area contributed by atoms with E-state index in [0.717, 1.165) is 42.0 Å². The molecule has 0 amide bonds. The van der Waals surface area contributed by atoms with Crippen LogP contribution in [0, 0.1) is 6.92 Å². The Morgan fingerprint density at radius 1 is 1.29 bits per heavy atom. The molecule has 24 heavy (non-hydrogen) atoms. The maximum Gasteiger partial charge on any atom is 0.225 e. The van der Waals surface area contributed by atoms with Gasteiger partial charge in [-0.15, -0.1) is 21.5 Å². The molecule has 1 spiro atoms. The molecular formula is C17H24N6S. The molecule has 1 aliphatic carbocycles. The molecule has 128 valence electrons. The van der Waals surface area contributed by atoms with E-state index in [4.69, 9.17) is 4.98 Å². The number of hydrogen-bond acceptors (Lipinski definition) is 7. The van der Waals surface area contributed by atoms with E-state index in [2.05, 4.69) is 20.1 Å². The largest absolute Gasteiger partial charge is 0.347 e. The van der Waals surface area contributed by atoms with Gasteiger partial charge >= 0.3 is 0 Å². The average molecular weight is 344 g/mol. The molecule has 2 aromatic heterocycles. The van der Waals surface area contributed by atoms with Gasteiger partial charge in [0.1, 0.15) is 10.0 Å². The molecule has 0 saturated carbocycles. The van der Waals surface area contributed by atoms with Gasteiger partial charge < -0.3 is 4.90 Å². The Kier molecular flexibility index (Phi) is 4.00. The molecule has 1 fully saturated rings. The van der Waals surface area contributed by atoms with Gasteiger partial charge in [-0.2, -0.15) is 0 Å². The number of piperidine rings is 1. The van der Waals surface area contributed by atoms with Gasteiger partial charge in [-0.1, -0.05) is 0 Å². The van der Waals surface area contributed by atoms with Crippen molar-refractivity contribution < 1.29 is 0 Å². The van der Waals surface area contributed by atoms with Crippen molar-refractivity contribution >= 4 is 17.3 Å². The van der Waals surface area contributed by atoms with Crippen LogP contribution in [0.4, 0.5) is 5.95 Å². The molecule has 2 aliphatic rings. The van der Waals surface area contributed by atoms with Gasteiger partial charge in [0.25, 0.3) is 0 Å². The number of anilines is 1. The first-order valence-electron chi connectivity index (χ1n) is 8.61. The summed E-state index contributed by atoms with van der Waals surface area (Å²) < 4.78 is 0. The molecule has 0 radical (unpaired) electrons. The van der Waals surface area contributed by atoms with Crippen molar-refractivity contribution in [3.8, 4) is 0 Å². The van der Waals surface area contributed by atoms with Crippen LogP contribution in [0.1, 0.15) is 40.5 Å². The molecule has 4 rings (SSSR count). The summed E-state index contributed by atoms with van der Waals surface area (Å²) in [5.41, 5.74) is 2.83. The van der Waals surface area contributed by atoms with E-state index in [1.165, 1.54) is 30.5 Å². The summed E-state index contributed by atoms with van der Waals surface area (Å²) in [5.74, 6) is 0.826. The number of hydrogen-bond donors (Lipinski definition) is 0. The van der Waals surface area contributed by atoms with Gasteiger partial charge in [0.05, 0.1) is 12.2 Å². The number of likely N-dealkylation sites (tertiary alicyclic amines) is 1. The van der Waals surface area contributed by atoms with Crippen molar-refractivity contribution in [1.29, 1.82) is 0 Å². The highest BCUT2D eigenvalue weighted by molar-refractivity contribution is 7.11. The minimum Gasteiger partial charge on any atom is -0.347 e. The molecular weight excluding hydrogens is 320 g/mol. The molecule has 1 atom stereocenters. The Balaban J connectivity index is 1.59. The zero-order valence-electron chi connectivity index (χ0n) is 14.6. The van der Waals surface area contributed by atoms with Crippen LogP contribution < -0.4 is 4.90 Å². The third kappa shape index (κ3) is 2.80. The fourth-order valence-electron chi connectivity index (χ4n) is 4.10. The summed E-state index contributed by atoms with van der Waals surface area (Å²) in [6.07, 6.45) is 6.79. The van der Waals surface area contributed by atoms with Gasteiger partial charge in [0.15, 0.2) is 0 Å². The monoisotopic (exact) mass is 344 g/mol. The minimum absolute atomic E-state index is 0.195. The van der Waals surface area contributed by atoms with Gasteiger partial charge in [-0.05, 0) is 44.7 Å². The lowest BCUT2D eigenvalue weighted by Crippen LogP contribution is -2.45. The molecule has 0 aromatic carbocycles. The van der Waals surface area contributed by atoms with E-state index < -0.39 is 0 Å². The highest BCUT2D eigenvalue weighted by Gasteiger charge is 2.43. The van der Waals surface area contributed by atoms with E-state index in [1.54, 1.807) is 11.3 Å². The fraction of sp³-hybridized carbons (Fsp3) is 0.647. The van der Waals surface area contributed by atoms with E-state index >= 15 is 0 Å². The Morgan fingerprint density at radius 2 is 2.17 bits per heavy atom. The van der Waals surface area contributed by atoms with E-state index in [9.17, 15) is 0 Å². The fourth-order valence-corrected chi connectivity index (χ4v) is 4.85. The third-order valence-electron chi connectivity index (χ3n) is 5.21. The average Bonchev–Trinajstić information content (AvgIpc) is 3.12. The Bertz CT molecular complexity index is 738. The predicted molar refractivity (Wildman–Crippen MR) is 95.5 cm³/mol. The summed E-state index contributed by atoms with van der Waals surface area (Å²) in [6, 6.07) is 0. The van der Waals surface area contributed by atoms with E-state index in [-0.39, 0.29) is 5.41 Å². The lowest BCUT2D eigenvalue weighted by Gasteiger charge is -2.40. The number of aryl methyl sites for hydroxylation is 2. The van der Waals surface area contributed by atoms with Crippen LogP contribution in [0.5, 0.6) is 0 Å². The SMILES string of the molecule is Cc1nnc(CN2CCCC3(CCc4cnc(N(C)C)nc43)C2)s1. The number of fused-ring (bicyclic) bond motifs is 2. The second kappa shape index (κ2) is 6.04. The molecule has 6 nitrogen and oxygen atoms in total. The number of rotatable bonds is 3. The first kappa shape index (κ1) is 15.9. The summed E-state index contributed by atoms with van der Waals surface area (Å²) >= 11 is 1.71. The van der Waals surface area contributed by atoms with Gasteiger partial charge in [0, 0.05) is 32.3 Å². The lowest BCUT2D eigenvalue weighted by atomic mass is 9.77. The van der Waals surface area contributed by atoms with Gasteiger partial charge in [-0.25, -0.2) is 9.97 Å². The lowest BCUT2D eigenvalue weighted by molar-refractivity contribution is 0.136. The molecule has 0 N–H and O–H groups in total. The second-order valence-corrected chi connectivity index (χ2v) is 8.51. The first-order valence-corrected chi connectivity index (χ1v) is 9.42. The van der Waals surface area contributed by atoms with Gasteiger partial charge in [0.2, 0.25) is 5.95 Å². The molecule has 1 saturated heterocycles. The van der Waals surface area contributed by atoms with Crippen molar-refractivity contribution in [3.05, 3.63) is 27.5 Å². The maximum absolute atomic E-state index is 4.94. The van der Waals surface area contributed by atoms with Crippen LogP contribution in [0.25, 0.3) is 0 Å². The quantitative estimate of drug-likeness (QED) is 0.851. The maximum atomic E-state index is 4.94. The van der Waals surface area contributed by atoms with Gasteiger partial charge in [-0.3, -0.25) is 4.90 Å². The van der Waals surface area contributed by atoms with Crippen LogP contribution in [0.15, 0.2) is 6.20 Å². The third-order valence-corrected chi connectivity index (χ3v) is 6.03. The highest BCUT2D eigenvalue weighted by Crippen LogP contribution is 2.44. The predicted octanol–water partition coefficient (Wildman–Crippen LogP) is 2.18. The van der Waals surface area contributed by atoms with Crippen LogP contribution in [-0.2, 0) is 18.4 Å². The van der Waals surface area contributed by atoms with Crippen molar-refractivity contribution in [2.24, 2.45) is 0 Å². The standard InChI is InChI=1S/C17H24N6S/c1-12-20-21-14(24-12)10-23-8-4-6-17(11-23)7-5-13-9-18-16(22(2)3)19-15(13)17/h9H,4-8,10-11H2,1-3H3. The smallest absolute Gasteiger partial charge is 0.225 e. The summed E-state index contributed by atoms with van der Waals surface area (Å²) in [7, 11) is 4.02. The van der Waals surface area contributed by atoms with Crippen LogP contribution in [-0.4, -0.2) is 52.3 Å². The zero-order valence-corrected chi connectivity index (χ0v) is 15.4. The van der Waals surface area contributed by atoms with Crippen molar-refractivity contribution in [3.63, 3.8) is 0 Å². The second-order valence-electron chi connectivity index (χ2n) is 7.25. The summed E-state index contributed by atoms with van der Waals surface area (Å²) in [6.45, 7) is 5.14.